The normalized spacial score (nSPS) is 11.6. The zero-order chi connectivity index (χ0) is 15.5. The van der Waals surface area contributed by atoms with Crippen LogP contribution in [-0.4, -0.2) is 26.6 Å². The largest absolute Gasteiger partial charge is 0.291 e. The summed E-state index contributed by atoms with van der Waals surface area (Å²) in [5.41, 5.74) is 6.29. The van der Waals surface area contributed by atoms with Crippen LogP contribution in [0.1, 0.15) is 12.5 Å². The number of aryl methyl sites for hydroxylation is 1. The van der Waals surface area contributed by atoms with E-state index in [1.54, 1.807) is 0 Å². The number of carbonyl (C=O) groups is 1. The number of hydrazone groups is 1. The predicted octanol–water partition coefficient (Wildman–Crippen LogP) is 2.60. The molecule has 0 unspecified atom stereocenters. The third-order valence-electron chi connectivity index (χ3n) is 3.21. The number of benzene rings is 2. The molecule has 0 radical (unpaired) electrons. The molecule has 22 heavy (non-hydrogen) atoms. The van der Waals surface area contributed by atoms with Crippen molar-refractivity contribution in [3.63, 3.8) is 0 Å². The van der Waals surface area contributed by atoms with Gasteiger partial charge in [0.2, 0.25) is 5.84 Å². The fourth-order valence-corrected chi connectivity index (χ4v) is 2.05. The first-order chi connectivity index (χ1) is 10.6. The number of Topliss-reactive ketones (excluding diaryl/α,β-unsaturated/α-hetero) is 1. The van der Waals surface area contributed by atoms with Crippen molar-refractivity contribution in [2.75, 3.05) is 5.43 Å². The monoisotopic (exact) mass is 293 g/mol. The van der Waals surface area contributed by atoms with E-state index in [1.165, 1.54) is 11.6 Å². The highest BCUT2D eigenvalue weighted by Gasteiger charge is 2.14. The van der Waals surface area contributed by atoms with Gasteiger partial charge in [0, 0.05) is 6.92 Å². The highest BCUT2D eigenvalue weighted by molar-refractivity contribution is 6.39. The van der Waals surface area contributed by atoms with E-state index in [1.807, 2.05) is 55.5 Å². The number of para-hydroxylation sites is 1. The molecule has 1 aromatic heterocycles. The van der Waals surface area contributed by atoms with E-state index in [-0.39, 0.29) is 11.6 Å². The Hall–Kier alpha value is -3.02. The Kier molecular flexibility index (Phi) is 3.65. The molecule has 1 heterocycles. The highest BCUT2D eigenvalue weighted by atomic mass is 16.1. The number of carbonyl (C=O) groups excluding carboxylic acids is 1. The number of hydrogen-bond acceptors (Lipinski definition) is 5. The first kappa shape index (κ1) is 13.9. The van der Waals surface area contributed by atoms with Gasteiger partial charge in [-0.15, -0.1) is 5.10 Å². The zero-order valence-electron chi connectivity index (χ0n) is 12.3. The second-order valence-electron chi connectivity index (χ2n) is 4.96. The number of aromatic nitrogens is 3. The summed E-state index contributed by atoms with van der Waals surface area (Å²) >= 11 is 0. The fraction of sp³-hybridized carbons (Fsp3) is 0.125. The van der Waals surface area contributed by atoms with Gasteiger partial charge in [0.05, 0.1) is 11.2 Å². The molecule has 0 spiro atoms. The molecule has 1 N–H and O–H groups in total. The van der Waals surface area contributed by atoms with Gasteiger partial charge >= 0.3 is 0 Å². The maximum atomic E-state index is 11.9. The topological polar surface area (TPSA) is 72.2 Å². The Bertz CT molecular complexity index is 848. The van der Waals surface area contributed by atoms with Crippen LogP contribution in [0.5, 0.6) is 0 Å². The summed E-state index contributed by atoms with van der Waals surface area (Å²) in [5.74, 6) is -0.00969. The molecule has 6 heteroatoms. The lowest BCUT2D eigenvalue weighted by Crippen LogP contribution is -2.23. The van der Waals surface area contributed by atoms with Crippen molar-refractivity contribution in [2.45, 2.75) is 13.8 Å². The van der Waals surface area contributed by atoms with E-state index < -0.39 is 0 Å². The summed E-state index contributed by atoms with van der Waals surface area (Å²) < 4.78 is 1.44. The predicted molar refractivity (Wildman–Crippen MR) is 85.8 cm³/mol. The molecule has 0 bridgehead atoms. The Labute approximate surface area is 127 Å². The molecule has 6 nitrogen and oxygen atoms in total. The van der Waals surface area contributed by atoms with Crippen molar-refractivity contribution in [2.24, 2.45) is 5.10 Å². The highest BCUT2D eigenvalue weighted by Crippen LogP contribution is 2.11. The Morgan fingerprint density at radius 1 is 1.14 bits per heavy atom. The average Bonchev–Trinajstić information content (AvgIpc) is 2.93. The second-order valence-corrected chi connectivity index (χ2v) is 4.96. The third kappa shape index (κ3) is 2.71. The summed E-state index contributed by atoms with van der Waals surface area (Å²) in [4.78, 5) is 11.9. The van der Waals surface area contributed by atoms with Crippen molar-refractivity contribution in [1.82, 2.24) is 15.0 Å². The van der Waals surface area contributed by atoms with Gasteiger partial charge in [-0.3, -0.25) is 10.2 Å². The third-order valence-corrected chi connectivity index (χ3v) is 3.21. The van der Waals surface area contributed by atoms with Crippen LogP contribution < -0.4 is 5.43 Å². The Morgan fingerprint density at radius 2 is 1.86 bits per heavy atom. The minimum absolute atomic E-state index is 0.189. The number of anilines is 1. The minimum atomic E-state index is -0.199. The van der Waals surface area contributed by atoms with Crippen molar-refractivity contribution in [1.29, 1.82) is 0 Å². The van der Waals surface area contributed by atoms with Crippen molar-refractivity contribution >= 4 is 28.3 Å². The van der Waals surface area contributed by atoms with Gasteiger partial charge in [-0.05, 0) is 31.2 Å². The number of ketones is 1. The number of nitrogens with zero attached hydrogens (tertiary/aromatic N) is 4. The molecule has 3 rings (SSSR count). The lowest BCUT2D eigenvalue weighted by atomic mass is 10.2. The quantitative estimate of drug-likeness (QED) is 0.458. The molecule has 0 fully saturated rings. The van der Waals surface area contributed by atoms with Gasteiger partial charge in [0.25, 0.3) is 0 Å². The number of nitrogens with one attached hydrogen (secondary N) is 1. The first-order valence-corrected chi connectivity index (χ1v) is 6.87. The van der Waals surface area contributed by atoms with Crippen LogP contribution in [0, 0.1) is 6.92 Å². The standard InChI is InChI=1S/C16H15N5O/c1-11-7-9-13(10-8-11)17-19-16(12(2)22)21-15-6-4-3-5-14(15)18-20-21/h3-10,17H,1-2H3/b19-16+. The number of hydrogen-bond donors (Lipinski definition) is 1. The molecule has 0 aliphatic carbocycles. The minimum Gasteiger partial charge on any atom is -0.291 e. The summed E-state index contributed by atoms with van der Waals surface area (Å²) in [7, 11) is 0. The first-order valence-electron chi connectivity index (χ1n) is 6.87. The Balaban J connectivity index is 1.97. The maximum Gasteiger partial charge on any atom is 0.218 e. The van der Waals surface area contributed by atoms with Crippen LogP contribution in [0.3, 0.4) is 0 Å². The van der Waals surface area contributed by atoms with Crippen LogP contribution in [0.2, 0.25) is 0 Å². The zero-order valence-corrected chi connectivity index (χ0v) is 12.3. The lowest BCUT2D eigenvalue weighted by Gasteiger charge is -2.05. The molecule has 0 atom stereocenters. The van der Waals surface area contributed by atoms with Gasteiger partial charge in [-0.25, -0.2) is 0 Å². The van der Waals surface area contributed by atoms with E-state index in [4.69, 9.17) is 0 Å². The SMILES string of the molecule is CC(=O)/C(=N\Nc1ccc(C)cc1)n1nnc2ccccc21. The summed E-state index contributed by atoms with van der Waals surface area (Å²) in [6.07, 6.45) is 0. The number of fused-ring (bicyclic) bond motifs is 1. The molecule has 0 aliphatic rings. The van der Waals surface area contributed by atoms with E-state index >= 15 is 0 Å². The van der Waals surface area contributed by atoms with Crippen LogP contribution in [0.15, 0.2) is 53.6 Å². The van der Waals surface area contributed by atoms with Gasteiger partial charge in [0.15, 0.2) is 5.78 Å². The van der Waals surface area contributed by atoms with E-state index in [9.17, 15) is 4.79 Å². The van der Waals surface area contributed by atoms with Gasteiger partial charge in [-0.1, -0.05) is 35.0 Å². The van der Waals surface area contributed by atoms with E-state index in [0.717, 1.165) is 16.8 Å². The molecular formula is C16H15N5O. The molecule has 3 aromatic rings. The molecule has 2 aromatic carbocycles. The molecule has 110 valence electrons. The number of rotatable bonds is 3. The molecule has 0 aliphatic heterocycles. The van der Waals surface area contributed by atoms with Gasteiger partial charge < -0.3 is 0 Å². The summed E-state index contributed by atoms with van der Waals surface area (Å²) in [6.45, 7) is 3.46. The van der Waals surface area contributed by atoms with Crippen molar-refractivity contribution in [3.8, 4) is 0 Å². The summed E-state index contributed by atoms with van der Waals surface area (Å²) in [6, 6.07) is 15.2. The van der Waals surface area contributed by atoms with Gasteiger partial charge in [-0.2, -0.15) is 9.78 Å². The van der Waals surface area contributed by atoms with Crippen LogP contribution in [-0.2, 0) is 4.79 Å². The van der Waals surface area contributed by atoms with Crippen LogP contribution in [0.25, 0.3) is 11.0 Å². The molecule has 0 saturated carbocycles. The van der Waals surface area contributed by atoms with Crippen molar-refractivity contribution < 1.29 is 4.79 Å². The molecular weight excluding hydrogens is 278 g/mol. The van der Waals surface area contributed by atoms with Gasteiger partial charge in [0.1, 0.15) is 5.52 Å². The smallest absolute Gasteiger partial charge is 0.218 e. The van der Waals surface area contributed by atoms with Crippen LogP contribution in [0.4, 0.5) is 5.69 Å². The second kappa shape index (κ2) is 5.77. The van der Waals surface area contributed by atoms with Crippen LogP contribution >= 0.6 is 0 Å². The van der Waals surface area contributed by atoms with E-state index in [2.05, 4.69) is 20.8 Å². The summed E-state index contributed by atoms with van der Waals surface area (Å²) in [5, 5.41) is 12.3. The fourth-order valence-electron chi connectivity index (χ4n) is 2.05. The maximum absolute atomic E-state index is 11.9. The van der Waals surface area contributed by atoms with Crippen molar-refractivity contribution in [3.05, 3.63) is 54.1 Å². The Morgan fingerprint density at radius 3 is 2.59 bits per heavy atom. The average molecular weight is 293 g/mol. The lowest BCUT2D eigenvalue weighted by molar-refractivity contribution is -0.111. The molecule has 0 saturated heterocycles. The molecule has 0 amide bonds. The van der Waals surface area contributed by atoms with E-state index in [0.29, 0.717) is 5.52 Å².